The summed E-state index contributed by atoms with van der Waals surface area (Å²) in [5.41, 5.74) is 0.438. The highest BCUT2D eigenvalue weighted by atomic mass is 19.1. The van der Waals surface area contributed by atoms with Crippen LogP contribution in [0.4, 0.5) is 18.9 Å². The van der Waals surface area contributed by atoms with Gasteiger partial charge in [0.1, 0.15) is 23.1 Å². The van der Waals surface area contributed by atoms with E-state index in [1.54, 1.807) is 12.1 Å². The Morgan fingerprint density at radius 3 is 2.23 bits per heavy atom. The fourth-order valence-corrected chi connectivity index (χ4v) is 1.86. The van der Waals surface area contributed by atoms with Crippen molar-refractivity contribution >= 4 is 11.6 Å². The van der Waals surface area contributed by atoms with Gasteiger partial charge in [-0.3, -0.25) is 4.79 Å². The van der Waals surface area contributed by atoms with Gasteiger partial charge in [-0.15, -0.1) is 0 Å². The molecule has 0 aliphatic heterocycles. The lowest BCUT2D eigenvalue weighted by molar-refractivity contribution is -0.116. The smallest absolute Gasteiger partial charge is 0.225 e. The van der Waals surface area contributed by atoms with Crippen LogP contribution in [0.3, 0.4) is 0 Å². The van der Waals surface area contributed by atoms with Gasteiger partial charge in [0.2, 0.25) is 5.91 Å². The quantitative estimate of drug-likeness (QED) is 0.805. The molecule has 0 heterocycles. The Morgan fingerprint density at radius 2 is 1.59 bits per heavy atom. The number of rotatable bonds is 6. The lowest BCUT2D eigenvalue weighted by atomic mass is 10.2. The monoisotopic (exact) mass is 308 g/mol. The molecule has 2 aromatic rings. The van der Waals surface area contributed by atoms with Crippen LogP contribution in [0.1, 0.15) is 12.0 Å². The molecule has 22 heavy (non-hydrogen) atoms. The van der Waals surface area contributed by atoms with Crippen LogP contribution in [0.5, 0.6) is 0 Å². The number of halogens is 3. The summed E-state index contributed by atoms with van der Waals surface area (Å²) in [7, 11) is 0. The maximum absolute atomic E-state index is 13.4. The topological polar surface area (TPSA) is 41.1 Å². The molecule has 0 aromatic heterocycles. The minimum atomic E-state index is -0.812. The number of benzene rings is 2. The number of carbonyl (C=O) groups excluding carboxylic acids is 1. The molecule has 0 bridgehead atoms. The third kappa shape index (κ3) is 4.60. The maximum Gasteiger partial charge on any atom is 0.225 e. The zero-order chi connectivity index (χ0) is 15.9. The highest BCUT2D eigenvalue weighted by molar-refractivity contribution is 5.91. The van der Waals surface area contributed by atoms with Gasteiger partial charge in [0.15, 0.2) is 0 Å². The molecule has 0 saturated carbocycles. The van der Waals surface area contributed by atoms with Gasteiger partial charge in [0, 0.05) is 19.5 Å². The summed E-state index contributed by atoms with van der Waals surface area (Å²) in [6, 6.07) is 9.35. The first-order valence-corrected chi connectivity index (χ1v) is 6.75. The van der Waals surface area contributed by atoms with E-state index in [0.717, 1.165) is 17.7 Å². The van der Waals surface area contributed by atoms with Crippen molar-refractivity contribution in [2.24, 2.45) is 0 Å². The molecular weight excluding hydrogens is 293 g/mol. The van der Waals surface area contributed by atoms with Crippen molar-refractivity contribution < 1.29 is 18.0 Å². The van der Waals surface area contributed by atoms with E-state index in [1.807, 2.05) is 0 Å². The highest BCUT2D eigenvalue weighted by Gasteiger charge is 2.11. The molecule has 1 amide bonds. The number of nitrogens with one attached hydrogen (secondary N) is 2. The molecule has 3 nitrogen and oxygen atoms in total. The van der Waals surface area contributed by atoms with Crippen LogP contribution in [0.15, 0.2) is 42.5 Å². The Hall–Kier alpha value is -2.34. The lowest BCUT2D eigenvalue weighted by Gasteiger charge is -2.08. The molecular formula is C16H15F3N2O. The van der Waals surface area contributed by atoms with E-state index in [0.29, 0.717) is 13.1 Å². The van der Waals surface area contributed by atoms with Crippen LogP contribution in [-0.2, 0) is 11.3 Å². The second kappa shape index (κ2) is 7.61. The molecule has 116 valence electrons. The van der Waals surface area contributed by atoms with Crippen LogP contribution in [0.25, 0.3) is 0 Å². The second-order valence-corrected chi connectivity index (χ2v) is 4.70. The largest absolute Gasteiger partial charge is 0.321 e. The van der Waals surface area contributed by atoms with Gasteiger partial charge in [0.05, 0.1) is 0 Å². The standard InChI is InChI=1S/C16H15F3N2O/c17-12-6-4-11(5-7-12)10-20-9-8-15(22)21-16-13(18)2-1-3-14(16)19/h1-7,20H,8-10H2,(H,21,22). The predicted molar refractivity (Wildman–Crippen MR) is 77.7 cm³/mol. The zero-order valence-corrected chi connectivity index (χ0v) is 11.7. The van der Waals surface area contributed by atoms with Gasteiger partial charge < -0.3 is 10.6 Å². The van der Waals surface area contributed by atoms with Crippen molar-refractivity contribution in [2.45, 2.75) is 13.0 Å². The van der Waals surface area contributed by atoms with Crippen molar-refractivity contribution in [3.63, 3.8) is 0 Å². The third-order valence-electron chi connectivity index (χ3n) is 3.00. The van der Waals surface area contributed by atoms with Crippen molar-refractivity contribution in [3.8, 4) is 0 Å². The maximum atomic E-state index is 13.4. The summed E-state index contributed by atoms with van der Waals surface area (Å²) in [5, 5.41) is 5.20. The van der Waals surface area contributed by atoms with Crippen LogP contribution in [-0.4, -0.2) is 12.5 Å². The van der Waals surface area contributed by atoms with Gasteiger partial charge in [-0.25, -0.2) is 13.2 Å². The predicted octanol–water partition coefficient (Wildman–Crippen LogP) is 3.22. The van der Waals surface area contributed by atoms with E-state index in [4.69, 9.17) is 0 Å². The van der Waals surface area contributed by atoms with Gasteiger partial charge in [-0.2, -0.15) is 0 Å². The molecule has 0 fully saturated rings. The summed E-state index contributed by atoms with van der Waals surface area (Å²) in [5.74, 6) is -2.43. The average molecular weight is 308 g/mol. The van der Waals surface area contributed by atoms with E-state index < -0.39 is 23.2 Å². The van der Waals surface area contributed by atoms with Gasteiger partial charge >= 0.3 is 0 Å². The highest BCUT2D eigenvalue weighted by Crippen LogP contribution is 2.17. The summed E-state index contributed by atoms with van der Waals surface area (Å²) in [6.07, 6.45) is 0.0645. The van der Waals surface area contributed by atoms with E-state index in [1.165, 1.54) is 18.2 Å². The van der Waals surface area contributed by atoms with Crippen molar-refractivity contribution in [3.05, 3.63) is 65.5 Å². The fraction of sp³-hybridized carbons (Fsp3) is 0.188. The first-order valence-electron chi connectivity index (χ1n) is 6.75. The number of hydrogen-bond acceptors (Lipinski definition) is 2. The van der Waals surface area contributed by atoms with Gasteiger partial charge in [-0.05, 0) is 29.8 Å². The van der Waals surface area contributed by atoms with Crippen molar-refractivity contribution in [1.82, 2.24) is 5.32 Å². The average Bonchev–Trinajstić information content (AvgIpc) is 2.49. The SMILES string of the molecule is O=C(CCNCc1ccc(F)cc1)Nc1c(F)cccc1F. The Balaban J connectivity index is 1.75. The normalized spacial score (nSPS) is 10.5. The molecule has 0 saturated heterocycles. The zero-order valence-electron chi connectivity index (χ0n) is 11.7. The number of para-hydroxylation sites is 1. The summed E-state index contributed by atoms with van der Waals surface area (Å²) >= 11 is 0. The number of anilines is 1. The van der Waals surface area contributed by atoms with Gasteiger partial charge in [-0.1, -0.05) is 18.2 Å². The number of carbonyl (C=O) groups is 1. The van der Waals surface area contributed by atoms with E-state index >= 15 is 0 Å². The van der Waals surface area contributed by atoms with Gasteiger partial charge in [0.25, 0.3) is 0 Å². The Bertz CT molecular complexity index is 624. The molecule has 0 spiro atoms. The minimum Gasteiger partial charge on any atom is -0.321 e. The molecule has 0 unspecified atom stereocenters. The fourth-order valence-electron chi connectivity index (χ4n) is 1.86. The minimum absolute atomic E-state index is 0.0645. The molecule has 2 aromatic carbocycles. The molecule has 0 aliphatic rings. The molecule has 0 radical (unpaired) electrons. The summed E-state index contributed by atoms with van der Waals surface area (Å²) < 4.78 is 39.4. The third-order valence-corrected chi connectivity index (χ3v) is 3.00. The molecule has 0 aliphatic carbocycles. The Labute approximate surface area is 126 Å². The van der Waals surface area contributed by atoms with E-state index in [2.05, 4.69) is 10.6 Å². The van der Waals surface area contributed by atoms with Crippen LogP contribution < -0.4 is 10.6 Å². The first-order chi connectivity index (χ1) is 10.6. The molecule has 0 atom stereocenters. The molecule has 2 N–H and O–H groups in total. The van der Waals surface area contributed by atoms with Crippen molar-refractivity contribution in [1.29, 1.82) is 0 Å². The summed E-state index contributed by atoms with van der Waals surface area (Å²) in [6.45, 7) is 0.806. The Kier molecular flexibility index (Phi) is 5.55. The second-order valence-electron chi connectivity index (χ2n) is 4.70. The molecule has 6 heteroatoms. The van der Waals surface area contributed by atoms with Crippen LogP contribution in [0.2, 0.25) is 0 Å². The van der Waals surface area contributed by atoms with Crippen LogP contribution >= 0.6 is 0 Å². The Morgan fingerprint density at radius 1 is 0.955 bits per heavy atom. The van der Waals surface area contributed by atoms with Crippen molar-refractivity contribution in [2.75, 3.05) is 11.9 Å². The number of amides is 1. The number of hydrogen-bond donors (Lipinski definition) is 2. The molecule has 2 rings (SSSR count). The van der Waals surface area contributed by atoms with E-state index in [-0.39, 0.29) is 12.2 Å². The lowest BCUT2D eigenvalue weighted by Crippen LogP contribution is -2.22. The summed E-state index contributed by atoms with van der Waals surface area (Å²) in [4.78, 5) is 11.6. The first kappa shape index (κ1) is 16.0. The van der Waals surface area contributed by atoms with Crippen LogP contribution in [0, 0.1) is 17.5 Å². The van der Waals surface area contributed by atoms with E-state index in [9.17, 15) is 18.0 Å².